The van der Waals surface area contributed by atoms with Gasteiger partial charge in [0.25, 0.3) is 0 Å². The molecular weight excluding hydrogens is 569 g/mol. The van der Waals surface area contributed by atoms with Gasteiger partial charge < -0.3 is 33.2 Å². The van der Waals surface area contributed by atoms with Crippen molar-refractivity contribution in [3.8, 4) is 0 Å². The summed E-state index contributed by atoms with van der Waals surface area (Å²) in [6.45, 7) is -3.89. The molecule has 3 aromatic rings. The van der Waals surface area contributed by atoms with Gasteiger partial charge in [0.05, 0.1) is 0 Å². The fraction of sp³-hybridized carbons (Fsp3) is 0.290. The Morgan fingerprint density at radius 2 is 1.64 bits per heavy atom. The summed E-state index contributed by atoms with van der Waals surface area (Å²) in [5.74, 6) is -0.767. The van der Waals surface area contributed by atoms with E-state index in [4.69, 9.17) is 5.21 Å². The van der Waals surface area contributed by atoms with Gasteiger partial charge in [-0.2, -0.15) is 0 Å². The van der Waals surface area contributed by atoms with E-state index in [0.29, 0.717) is 53.4 Å². The molecule has 0 bridgehead atoms. The monoisotopic (exact) mass is 604 g/mol. The van der Waals surface area contributed by atoms with Gasteiger partial charge in [-0.3, -0.25) is 19.6 Å². The summed E-state index contributed by atoms with van der Waals surface area (Å²) in [6.07, 6.45) is 10.6. The fourth-order valence-electron chi connectivity index (χ4n) is 5.55. The molecule has 0 radical (unpaired) electrons. The van der Waals surface area contributed by atoms with Crippen LogP contribution < -0.4 is 16.1 Å². The number of unbranched alkanes of at least 4 members (excludes halogenated alkanes) is 3. The number of hydrogen-bond donors (Lipinski definition) is 5. The van der Waals surface area contributed by atoms with Crippen molar-refractivity contribution in [3.05, 3.63) is 95.2 Å². The average Bonchev–Trinajstić information content (AvgIpc) is 3.78. The van der Waals surface area contributed by atoms with Gasteiger partial charge in [-0.15, -0.1) is 0 Å². The van der Waals surface area contributed by atoms with E-state index >= 15 is 8.63 Å². The van der Waals surface area contributed by atoms with Gasteiger partial charge >= 0.3 is 6.97 Å². The number of carbonyl (C=O) groups is 3. The van der Waals surface area contributed by atoms with Crippen molar-refractivity contribution in [2.24, 2.45) is 0 Å². The van der Waals surface area contributed by atoms with Crippen LogP contribution in [0.3, 0.4) is 0 Å². The summed E-state index contributed by atoms with van der Waals surface area (Å²) >= 11 is 0. The van der Waals surface area contributed by atoms with Crippen LogP contribution in [0, 0.1) is 0 Å². The predicted octanol–water partition coefficient (Wildman–Crippen LogP) is 4.50. The Morgan fingerprint density at radius 3 is 2.34 bits per heavy atom. The number of allylic oxidation sites excluding steroid dienone is 2. The minimum Gasteiger partial charge on any atom is -0.394 e. The molecule has 2 aliphatic heterocycles. The number of aryl methyl sites for hydroxylation is 1. The van der Waals surface area contributed by atoms with Gasteiger partial charge in [0.2, 0.25) is 17.7 Å². The maximum absolute atomic E-state index is 15.9. The highest BCUT2D eigenvalue weighted by Crippen LogP contribution is 2.33. The first-order chi connectivity index (χ1) is 21.3. The van der Waals surface area contributed by atoms with E-state index in [1.807, 2.05) is 0 Å². The summed E-state index contributed by atoms with van der Waals surface area (Å²) in [7, 11) is 0. The second-order valence-corrected chi connectivity index (χ2v) is 10.9. The fourth-order valence-corrected chi connectivity index (χ4v) is 5.55. The van der Waals surface area contributed by atoms with Crippen molar-refractivity contribution in [1.82, 2.24) is 20.3 Å². The van der Waals surface area contributed by atoms with Gasteiger partial charge in [-0.05, 0) is 66.9 Å². The third-order valence-corrected chi connectivity index (χ3v) is 7.79. The number of aromatic nitrogens is 2. The third-order valence-electron chi connectivity index (χ3n) is 7.79. The maximum atomic E-state index is 15.9. The summed E-state index contributed by atoms with van der Waals surface area (Å²) in [4.78, 5) is 38.8. The van der Waals surface area contributed by atoms with E-state index < -0.39 is 12.9 Å². The summed E-state index contributed by atoms with van der Waals surface area (Å²) in [6, 6.07) is 14.0. The number of H-pyrrole nitrogens is 1. The van der Waals surface area contributed by atoms with Crippen LogP contribution in [0.1, 0.15) is 67.6 Å². The molecule has 2 aromatic heterocycles. The first-order valence-electron chi connectivity index (χ1n) is 14.8. The molecule has 44 heavy (non-hydrogen) atoms. The average molecular weight is 604 g/mol. The lowest BCUT2D eigenvalue weighted by atomic mass is 9.90. The molecule has 5 N–H and O–H groups in total. The van der Waals surface area contributed by atoms with Crippen LogP contribution in [-0.4, -0.2) is 49.6 Å². The Bertz CT molecular complexity index is 1610. The molecule has 3 amide bonds. The molecule has 0 fully saturated rings. The number of nitrogens with zero attached hydrogens (tertiary/aromatic N) is 2. The Hall–Kier alpha value is -4.78. The number of benzene rings is 1. The van der Waals surface area contributed by atoms with Crippen molar-refractivity contribution >= 4 is 42.2 Å². The van der Waals surface area contributed by atoms with E-state index in [9.17, 15) is 14.4 Å². The SMILES string of the molecule is O=C(CCCCCCC(=O)Nc1ccc(CNC(=O)CCc2ccc3n2[B-](F)(F)[N+]2=C(c4ccc[nH]4)C=CC2=C3)cc1)NO. The highest BCUT2D eigenvalue weighted by molar-refractivity contribution is 6.58. The molecule has 2 aliphatic rings. The zero-order chi connectivity index (χ0) is 31.1. The van der Waals surface area contributed by atoms with Crippen LogP contribution in [0.4, 0.5) is 14.3 Å². The molecule has 0 saturated heterocycles. The summed E-state index contributed by atoms with van der Waals surface area (Å²) < 4.78 is 34.0. The van der Waals surface area contributed by atoms with Crippen molar-refractivity contribution in [1.29, 1.82) is 0 Å². The number of aromatic amines is 1. The van der Waals surface area contributed by atoms with Crippen LogP contribution in [0.2, 0.25) is 0 Å². The maximum Gasteiger partial charge on any atom is 0.737 e. The molecule has 0 saturated carbocycles. The number of anilines is 1. The number of halogens is 2. The minimum absolute atomic E-state index is 0.0560. The van der Waals surface area contributed by atoms with Gasteiger partial charge in [0, 0.05) is 61.6 Å². The standard InChI is InChI=1S/C31H35BF2N6O4/c33-32(34)39-24(13-14-25(39)20-26-15-17-28(40(26)32)27-6-5-19-35-27)16-18-29(41)36-21-22-9-11-23(12-10-22)37-30(42)7-3-1-2-4-8-31(43)38-44/h5-6,9-15,17,19-20,35,44H,1-4,7-8,16,18,21H2,(H,36,41)(H,37,42)(H,38,43). The van der Waals surface area contributed by atoms with Crippen LogP contribution in [0.15, 0.2) is 72.6 Å². The van der Waals surface area contributed by atoms with Crippen LogP contribution in [0.25, 0.3) is 6.08 Å². The van der Waals surface area contributed by atoms with Crippen molar-refractivity contribution in [3.63, 3.8) is 0 Å². The summed E-state index contributed by atoms with van der Waals surface area (Å²) in [5.41, 5.74) is 5.32. The van der Waals surface area contributed by atoms with E-state index in [-0.39, 0.29) is 37.6 Å². The third kappa shape index (κ3) is 7.05. The lowest BCUT2D eigenvalue weighted by Gasteiger charge is -2.30. The van der Waals surface area contributed by atoms with E-state index in [1.165, 1.54) is 0 Å². The van der Waals surface area contributed by atoms with E-state index in [0.717, 1.165) is 27.4 Å². The zero-order valence-corrected chi connectivity index (χ0v) is 24.2. The van der Waals surface area contributed by atoms with Crippen LogP contribution >= 0.6 is 0 Å². The molecule has 5 rings (SSSR count). The number of carbonyl (C=O) groups excluding carboxylic acids is 3. The first-order valence-corrected chi connectivity index (χ1v) is 14.8. The second-order valence-electron chi connectivity index (χ2n) is 10.9. The highest BCUT2D eigenvalue weighted by Gasteiger charge is 2.52. The van der Waals surface area contributed by atoms with Crippen molar-refractivity contribution in [2.75, 3.05) is 5.32 Å². The Morgan fingerprint density at radius 1 is 0.886 bits per heavy atom. The minimum atomic E-state index is -4.16. The first kappa shape index (κ1) is 30.7. The van der Waals surface area contributed by atoms with E-state index in [2.05, 4.69) is 15.6 Å². The van der Waals surface area contributed by atoms with E-state index in [1.54, 1.807) is 78.4 Å². The molecule has 230 valence electrons. The topological polar surface area (TPSA) is 131 Å². The predicted molar refractivity (Wildman–Crippen MR) is 163 cm³/mol. The summed E-state index contributed by atoms with van der Waals surface area (Å²) in [5, 5.41) is 14.2. The van der Waals surface area contributed by atoms with Gasteiger partial charge in [-0.1, -0.05) is 25.0 Å². The number of fused-ring (bicyclic) bond motifs is 2. The Kier molecular flexibility index (Phi) is 9.54. The number of amides is 3. The second kappa shape index (κ2) is 13.7. The quantitative estimate of drug-likeness (QED) is 0.0803. The van der Waals surface area contributed by atoms with Crippen LogP contribution in [0.5, 0.6) is 0 Å². The molecule has 0 aliphatic carbocycles. The molecule has 0 spiro atoms. The molecule has 13 heteroatoms. The van der Waals surface area contributed by atoms with Crippen molar-refractivity contribution < 1.29 is 32.7 Å². The smallest absolute Gasteiger partial charge is 0.394 e. The largest absolute Gasteiger partial charge is 0.737 e. The Balaban J connectivity index is 1.08. The lowest BCUT2D eigenvalue weighted by Crippen LogP contribution is -2.51. The molecule has 0 unspecified atom stereocenters. The van der Waals surface area contributed by atoms with Crippen LogP contribution in [-0.2, 0) is 27.3 Å². The molecule has 0 atom stereocenters. The molecule has 4 heterocycles. The zero-order valence-electron chi connectivity index (χ0n) is 24.2. The van der Waals surface area contributed by atoms with Gasteiger partial charge in [-0.25, -0.2) is 5.48 Å². The highest BCUT2D eigenvalue weighted by atomic mass is 19.2. The molecule has 10 nitrogen and oxygen atoms in total. The van der Waals surface area contributed by atoms with Gasteiger partial charge in [0.1, 0.15) is 5.69 Å². The number of rotatable bonds is 14. The number of hydroxylamine groups is 1. The lowest BCUT2D eigenvalue weighted by molar-refractivity contribution is -0.360. The normalized spacial score (nSPS) is 14.6. The molecule has 1 aromatic carbocycles. The van der Waals surface area contributed by atoms with Crippen molar-refractivity contribution in [2.45, 2.75) is 57.9 Å². The molecular formula is C31H35BF2N6O4. The van der Waals surface area contributed by atoms with Gasteiger partial charge in [0.15, 0.2) is 11.4 Å². The Labute approximate surface area is 253 Å². The number of nitrogens with one attached hydrogen (secondary N) is 4. The number of hydrogen-bond acceptors (Lipinski definition) is 4.